The van der Waals surface area contributed by atoms with Crippen molar-refractivity contribution in [3.63, 3.8) is 0 Å². The van der Waals surface area contributed by atoms with Crippen molar-refractivity contribution in [2.45, 2.75) is 6.29 Å². The molecule has 1 aliphatic heterocycles. The molecule has 3 aromatic rings. The summed E-state index contributed by atoms with van der Waals surface area (Å²) in [6.07, 6.45) is 3.90. The van der Waals surface area contributed by atoms with Crippen molar-refractivity contribution in [2.75, 3.05) is 12.0 Å². The normalized spacial score (nSPS) is 16.6. The molecular weight excluding hydrogens is 403 g/mol. The summed E-state index contributed by atoms with van der Waals surface area (Å²) in [5.74, 6) is -0.967. The topological polar surface area (TPSA) is 111 Å². The van der Waals surface area contributed by atoms with Gasteiger partial charge in [0, 0.05) is 30.1 Å². The molecule has 0 spiro atoms. The minimum absolute atomic E-state index is 0.0545. The lowest BCUT2D eigenvalue weighted by Gasteiger charge is -2.30. The van der Waals surface area contributed by atoms with Crippen molar-refractivity contribution in [2.24, 2.45) is 10.7 Å². The molecule has 1 atom stereocenters. The van der Waals surface area contributed by atoms with Crippen LogP contribution in [0.3, 0.4) is 0 Å². The number of halogens is 2. The van der Waals surface area contributed by atoms with Crippen LogP contribution in [-0.4, -0.2) is 33.6 Å². The Kier molecular flexibility index (Phi) is 4.65. The number of ether oxygens (including phenoxy) is 1. The molecule has 1 aromatic carbocycles. The zero-order valence-corrected chi connectivity index (χ0v) is 15.7. The zero-order chi connectivity index (χ0) is 20.7. The number of pyridine rings is 1. The van der Waals surface area contributed by atoms with Crippen LogP contribution in [-0.2, 0) is 0 Å². The molecule has 1 unspecified atom stereocenters. The predicted octanol–water partition coefficient (Wildman–Crippen LogP) is 3.02. The summed E-state index contributed by atoms with van der Waals surface area (Å²) >= 11 is 6.46. The number of anilines is 1. The highest BCUT2D eigenvalue weighted by Crippen LogP contribution is 2.37. The molecule has 3 heterocycles. The molecule has 9 nitrogen and oxygen atoms in total. The largest absolute Gasteiger partial charge is 0.494 e. The number of nitrogens with two attached hydrogens (primary N) is 1. The Labute approximate surface area is 168 Å². The fourth-order valence-corrected chi connectivity index (χ4v) is 3.34. The molecule has 1 aliphatic rings. The Balaban J connectivity index is 1.79. The molecule has 148 valence electrons. The summed E-state index contributed by atoms with van der Waals surface area (Å²) in [5, 5.41) is 15.6. The summed E-state index contributed by atoms with van der Waals surface area (Å²) in [5.41, 5.74) is 7.53. The van der Waals surface area contributed by atoms with E-state index in [1.165, 1.54) is 18.2 Å². The number of nitro benzene ring substituents is 1. The third-order valence-corrected chi connectivity index (χ3v) is 4.71. The van der Waals surface area contributed by atoms with E-state index in [0.717, 1.165) is 17.6 Å². The van der Waals surface area contributed by atoms with Crippen LogP contribution < -0.4 is 15.4 Å². The first kappa shape index (κ1) is 18.8. The fourth-order valence-electron chi connectivity index (χ4n) is 3.08. The van der Waals surface area contributed by atoms with Crippen LogP contribution in [0.4, 0.5) is 15.8 Å². The van der Waals surface area contributed by atoms with Gasteiger partial charge in [0.25, 0.3) is 0 Å². The van der Waals surface area contributed by atoms with Gasteiger partial charge in [0.15, 0.2) is 6.29 Å². The Morgan fingerprint density at radius 2 is 2.17 bits per heavy atom. The van der Waals surface area contributed by atoms with Crippen LogP contribution in [0.1, 0.15) is 5.56 Å². The molecule has 0 aliphatic carbocycles. The van der Waals surface area contributed by atoms with Crippen molar-refractivity contribution < 1.29 is 14.1 Å². The third-order valence-electron chi connectivity index (χ3n) is 4.43. The van der Waals surface area contributed by atoms with Crippen molar-refractivity contribution >= 4 is 34.2 Å². The van der Waals surface area contributed by atoms with E-state index in [1.807, 2.05) is 18.2 Å². The molecule has 0 bridgehead atoms. The minimum atomic E-state index is -1.02. The van der Waals surface area contributed by atoms with Crippen LogP contribution in [0.15, 0.2) is 59.0 Å². The van der Waals surface area contributed by atoms with E-state index in [2.05, 4.69) is 10.1 Å². The number of aliphatic imine (C=N–C) groups is 1. The molecule has 11 heteroatoms. The van der Waals surface area contributed by atoms with Crippen LogP contribution in [0.2, 0.25) is 0 Å². The maximum absolute atomic E-state index is 14.0. The van der Waals surface area contributed by atoms with Gasteiger partial charge in [0.05, 0.1) is 40.2 Å². The van der Waals surface area contributed by atoms with E-state index in [4.69, 9.17) is 22.1 Å². The molecular formula is C18H14ClFN6O3. The second kappa shape index (κ2) is 7.15. The van der Waals surface area contributed by atoms with Crippen molar-refractivity contribution in [3.8, 4) is 5.75 Å². The Morgan fingerprint density at radius 1 is 1.38 bits per heavy atom. The number of nitro groups is 1. The average molecular weight is 417 g/mol. The minimum Gasteiger partial charge on any atom is -0.494 e. The molecule has 4 rings (SSSR count). The summed E-state index contributed by atoms with van der Waals surface area (Å²) in [7, 11) is 1.32. The quantitative estimate of drug-likeness (QED) is 0.517. The van der Waals surface area contributed by atoms with Crippen LogP contribution in [0.5, 0.6) is 5.75 Å². The number of hydrogen-bond acceptors (Lipinski definition) is 7. The van der Waals surface area contributed by atoms with Gasteiger partial charge >= 0.3 is 5.69 Å². The monoisotopic (exact) mass is 416 g/mol. The number of hydrogen-bond donors (Lipinski definition) is 1. The Morgan fingerprint density at radius 3 is 2.90 bits per heavy atom. The van der Waals surface area contributed by atoms with Gasteiger partial charge in [0.2, 0.25) is 5.82 Å². The van der Waals surface area contributed by atoms with E-state index >= 15 is 0 Å². The first-order chi connectivity index (χ1) is 13.9. The Hall–Kier alpha value is -3.50. The number of rotatable bonds is 4. The van der Waals surface area contributed by atoms with Crippen LogP contribution >= 0.6 is 11.6 Å². The van der Waals surface area contributed by atoms with Gasteiger partial charge in [-0.05, 0) is 12.1 Å². The number of methoxy groups -OCH3 is 1. The summed E-state index contributed by atoms with van der Waals surface area (Å²) in [6.45, 7) is 0. The lowest BCUT2D eigenvalue weighted by molar-refractivity contribution is -0.387. The van der Waals surface area contributed by atoms with E-state index in [9.17, 15) is 14.5 Å². The van der Waals surface area contributed by atoms with Gasteiger partial charge in [-0.1, -0.05) is 17.7 Å². The summed E-state index contributed by atoms with van der Waals surface area (Å²) < 4.78 is 20.8. The molecule has 0 amide bonds. The van der Waals surface area contributed by atoms with Crippen molar-refractivity contribution in [3.05, 3.63) is 75.5 Å². The zero-order valence-electron chi connectivity index (χ0n) is 15.0. The van der Waals surface area contributed by atoms with Gasteiger partial charge in [0.1, 0.15) is 5.75 Å². The lowest BCUT2D eigenvalue weighted by atomic mass is 10.1. The molecule has 0 saturated heterocycles. The standard InChI is InChI=1S/C18H14ClFN6O3/c1-29-16-6-12(20)14(26(27)28)7-15(16)24-9-11(19)17(23-18(24)21)10-8-22-25-5-3-2-4-13(10)25/h2-9,18H,21H2,1H3. The van der Waals surface area contributed by atoms with Gasteiger partial charge in [-0.15, -0.1) is 0 Å². The second-order valence-corrected chi connectivity index (χ2v) is 6.50. The first-order valence-corrected chi connectivity index (χ1v) is 8.72. The van der Waals surface area contributed by atoms with Crippen LogP contribution in [0, 0.1) is 15.9 Å². The SMILES string of the molecule is COc1cc(F)c([N+](=O)[O-])cc1N1C=C(Cl)C(c2cnn3ccccc23)=NC1N. The van der Waals surface area contributed by atoms with Gasteiger partial charge in [-0.2, -0.15) is 9.49 Å². The van der Waals surface area contributed by atoms with Gasteiger partial charge in [-0.3, -0.25) is 15.8 Å². The van der Waals surface area contributed by atoms with E-state index < -0.39 is 22.7 Å². The van der Waals surface area contributed by atoms with Gasteiger partial charge < -0.3 is 9.64 Å². The number of aromatic nitrogens is 2. The lowest BCUT2D eigenvalue weighted by Crippen LogP contribution is -2.41. The molecule has 2 aromatic heterocycles. The molecule has 0 fully saturated rings. The highest BCUT2D eigenvalue weighted by atomic mass is 35.5. The van der Waals surface area contributed by atoms with Crippen molar-refractivity contribution in [1.82, 2.24) is 9.61 Å². The van der Waals surface area contributed by atoms with E-state index in [1.54, 1.807) is 16.9 Å². The first-order valence-electron chi connectivity index (χ1n) is 8.34. The van der Waals surface area contributed by atoms with Crippen molar-refractivity contribution in [1.29, 1.82) is 0 Å². The molecule has 0 saturated carbocycles. The highest BCUT2D eigenvalue weighted by molar-refractivity contribution is 6.47. The fraction of sp³-hybridized carbons (Fsp3) is 0.111. The summed E-state index contributed by atoms with van der Waals surface area (Å²) in [6, 6.07) is 7.51. The number of benzene rings is 1. The van der Waals surface area contributed by atoms with Crippen LogP contribution in [0.25, 0.3) is 5.52 Å². The van der Waals surface area contributed by atoms with Gasteiger partial charge in [-0.25, -0.2) is 9.51 Å². The molecule has 29 heavy (non-hydrogen) atoms. The van der Waals surface area contributed by atoms with E-state index in [0.29, 0.717) is 11.3 Å². The number of allylic oxidation sites excluding steroid dienone is 1. The second-order valence-electron chi connectivity index (χ2n) is 6.10. The maximum atomic E-state index is 14.0. The third kappa shape index (κ3) is 3.18. The predicted molar refractivity (Wildman–Crippen MR) is 106 cm³/mol. The summed E-state index contributed by atoms with van der Waals surface area (Å²) in [4.78, 5) is 16.1. The number of fused-ring (bicyclic) bond motifs is 1. The molecule has 0 radical (unpaired) electrons. The number of nitrogens with zero attached hydrogens (tertiary/aromatic N) is 5. The maximum Gasteiger partial charge on any atom is 0.307 e. The average Bonchev–Trinajstić information content (AvgIpc) is 3.13. The smallest absolute Gasteiger partial charge is 0.307 e. The molecule has 2 N–H and O–H groups in total. The Bertz CT molecular complexity index is 1190. The highest BCUT2D eigenvalue weighted by Gasteiger charge is 2.28. The van der Waals surface area contributed by atoms with E-state index in [-0.39, 0.29) is 16.5 Å².